The number of hydrogen-bond donors (Lipinski definition) is 2. The molecule has 3 heteroatoms. The van der Waals surface area contributed by atoms with Crippen LogP contribution in [-0.4, -0.2) is 36.3 Å². The summed E-state index contributed by atoms with van der Waals surface area (Å²) >= 11 is 2.04. The second-order valence-electron chi connectivity index (χ2n) is 2.66. The smallest absolute Gasteiger partial charge is 0.0555 e. The zero-order valence-corrected chi connectivity index (χ0v) is 6.99. The molecule has 2 N–H and O–H groups in total. The maximum Gasteiger partial charge on any atom is 0.0555 e. The van der Waals surface area contributed by atoms with Gasteiger partial charge in [-0.15, -0.1) is 0 Å². The summed E-state index contributed by atoms with van der Waals surface area (Å²) in [7, 11) is 0. The molecule has 0 aromatic rings. The number of thioether (sulfide) groups is 1. The SMILES string of the molecule is OCCNCC1CCSC1. The molecule has 0 saturated carbocycles. The van der Waals surface area contributed by atoms with Gasteiger partial charge in [0.1, 0.15) is 0 Å². The van der Waals surface area contributed by atoms with E-state index in [1.165, 1.54) is 17.9 Å². The van der Waals surface area contributed by atoms with Crippen molar-refractivity contribution in [1.29, 1.82) is 0 Å². The maximum atomic E-state index is 8.47. The third kappa shape index (κ3) is 2.90. The van der Waals surface area contributed by atoms with Crippen LogP contribution >= 0.6 is 11.8 Å². The summed E-state index contributed by atoms with van der Waals surface area (Å²) in [6, 6.07) is 0. The summed E-state index contributed by atoms with van der Waals surface area (Å²) in [6.07, 6.45) is 1.35. The average Bonchev–Trinajstić information content (AvgIpc) is 2.41. The van der Waals surface area contributed by atoms with Gasteiger partial charge in [0.05, 0.1) is 6.61 Å². The quantitative estimate of drug-likeness (QED) is 0.582. The van der Waals surface area contributed by atoms with Gasteiger partial charge in [-0.1, -0.05) is 0 Å². The Morgan fingerprint density at radius 3 is 3.10 bits per heavy atom. The van der Waals surface area contributed by atoms with Gasteiger partial charge in [-0.05, 0) is 30.4 Å². The lowest BCUT2D eigenvalue weighted by molar-refractivity contribution is 0.289. The van der Waals surface area contributed by atoms with E-state index in [4.69, 9.17) is 5.11 Å². The zero-order valence-electron chi connectivity index (χ0n) is 6.18. The van der Waals surface area contributed by atoms with Crippen LogP contribution in [-0.2, 0) is 0 Å². The van der Waals surface area contributed by atoms with Crippen LogP contribution in [0.3, 0.4) is 0 Å². The Bertz CT molecular complexity index is 83.7. The molecule has 0 spiro atoms. The highest BCUT2D eigenvalue weighted by molar-refractivity contribution is 7.99. The molecule has 1 aliphatic rings. The summed E-state index contributed by atoms with van der Waals surface area (Å²) < 4.78 is 0. The van der Waals surface area contributed by atoms with Gasteiger partial charge in [-0.25, -0.2) is 0 Å². The van der Waals surface area contributed by atoms with Crippen molar-refractivity contribution >= 4 is 11.8 Å². The van der Waals surface area contributed by atoms with Crippen molar-refractivity contribution in [1.82, 2.24) is 5.32 Å². The molecule has 0 radical (unpaired) electrons. The van der Waals surface area contributed by atoms with E-state index in [1.54, 1.807) is 0 Å². The largest absolute Gasteiger partial charge is 0.395 e. The second-order valence-corrected chi connectivity index (χ2v) is 3.81. The summed E-state index contributed by atoms with van der Waals surface area (Å²) in [6.45, 7) is 2.11. The summed E-state index contributed by atoms with van der Waals surface area (Å²) in [5, 5.41) is 11.7. The lowest BCUT2D eigenvalue weighted by Gasteiger charge is -2.07. The van der Waals surface area contributed by atoms with Crippen molar-refractivity contribution in [3.63, 3.8) is 0 Å². The van der Waals surface area contributed by atoms with Gasteiger partial charge in [0, 0.05) is 6.54 Å². The molecule has 0 amide bonds. The van der Waals surface area contributed by atoms with Gasteiger partial charge in [-0.2, -0.15) is 11.8 Å². The fourth-order valence-corrected chi connectivity index (χ4v) is 2.41. The van der Waals surface area contributed by atoms with Gasteiger partial charge in [0.25, 0.3) is 0 Å². The average molecular weight is 161 g/mol. The Kier molecular flexibility index (Phi) is 4.18. The molecule has 1 rings (SSSR count). The van der Waals surface area contributed by atoms with Crippen molar-refractivity contribution in [3.05, 3.63) is 0 Å². The van der Waals surface area contributed by atoms with E-state index in [0.717, 1.165) is 19.0 Å². The topological polar surface area (TPSA) is 32.3 Å². The van der Waals surface area contributed by atoms with Crippen LogP contribution in [0, 0.1) is 5.92 Å². The van der Waals surface area contributed by atoms with Gasteiger partial charge in [0.15, 0.2) is 0 Å². The minimum atomic E-state index is 0.264. The van der Waals surface area contributed by atoms with E-state index in [2.05, 4.69) is 5.32 Å². The minimum absolute atomic E-state index is 0.264. The Morgan fingerprint density at radius 2 is 2.50 bits per heavy atom. The number of rotatable bonds is 4. The van der Waals surface area contributed by atoms with Crippen LogP contribution in [0.25, 0.3) is 0 Å². The normalized spacial score (nSPS) is 25.5. The van der Waals surface area contributed by atoms with Crippen molar-refractivity contribution < 1.29 is 5.11 Å². The van der Waals surface area contributed by atoms with E-state index in [1.807, 2.05) is 11.8 Å². The van der Waals surface area contributed by atoms with E-state index < -0.39 is 0 Å². The molecule has 10 heavy (non-hydrogen) atoms. The standard InChI is InChI=1S/C7H15NOS/c9-3-2-8-5-7-1-4-10-6-7/h7-9H,1-6H2. The first-order valence-electron chi connectivity index (χ1n) is 3.83. The monoisotopic (exact) mass is 161 g/mol. The van der Waals surface area contributed by atoms with E-state index in [-0.39, 0.29) is 6.61 Å². The Balaban J connectivity index is 1.91. The fourth-order valence-electron chi connectivity index (χ4n) is 1.13. The summed E-state index contributed by atoms with van der Waals surface area (Å²) in [5.74, 6) is 3.49. The first kappa shape index (κ1) is 8.37. The predicted octanol–water partition coefficient (Wildman–Crippen LogP) is 0.321. The van der Waals surface area contributed by atoms with Gasteiger partial charge < -0.3 is 10.4 Å². The second kappa shape index (κ2) is 4.99. The van der Waals surface area contributed by atoms with Crippen LogP contribution in [0.15, 0.2) is 0 Å². The van der Waals surface area contributed by atoms with Crippen LogP contribution in [0.5, 0.6) is 0 Å². The van der Waals surface area contributed by atoms with Gasteiger partial charge >= 0.3 is 0 Å². The molecule has 1 fully saturated rings. The summed E-state index contributed by atoms with van der Waals surface area (Å²) in [4.78, 5) is 0. The van der Waals surface area contributed by atoms with Gasteiger partial charge in [-0.3, -0.25) is 0 Å². The molecule has 1 heterocycles. The molecule has 0 aromatic heterocycles. The minimum Gasteiger partial charge on any atom is -0.395 e. The highest BCUT2D eigenvalue weighted by atomic mass is 32.2. The molecular weight excluding hydrogens is 146 g/mol. The molecule has 2 nitrogen and oxygen atoms in total. The molecule has 60 valence electrons. The number of aliphatic hydroxyl groups excluding tert-OH is 1. The molecule has 1 atom stereocenters. The highest BCUT2D eigenvalue weighted by Crippen LogP contribution is 2.22. The third-order valence-electron chi connectivity index (χ3n) is 1.75. The molecular formula is C7H15NOS. The zero-order chi connectivity index (χ0) is 7.23. The molecule has 0 aromatic carbocycles. The van der Waals surface area contributed by atoms with E-state index in [9.17, 15) is 0 Å². The van der Waals surface area contributed by atoms with E-state index in [0.29, 0.717) is 0 Å². The van der Waals surface area contributed by atoms with Crippen molar-refractivity contribution in [2.24, 2.45) is 5.92 Å². The number of aliphatic hydroxyl groups is 1. The Morgan fingerprint density at radius 1 is 1.60 bits per heavy atom. The van der Waals surface area contributed by atoms with E-state index >= 15 is 0 Å². The molecule has 1 saturated heterocycles. The van der Waals surface area contributed by atoms with Crippen molar-refractivity contribution in [3.8, 4) is 0 Å². The Labute approximate surface area is 66.4 Å². The first-order chi connectivity index (χ1) is 4.93. The van der Waals surface area contributed by atoms with Gasteiger partial charge in [0.2, 0.25) is 0 Å². The van der Waals surface area contributed by atoms with Crippen LogP contribution in [0.4, 0.5) is 0 Å². The first-order valence-corrected chi connectivity index (χ1v) is 4.98. The predicted molar refractivity (Wildman–Crippen MR) is 45.4 cm³/mol. The maximum absolute atomic E-state index is 8.47. The number of hydrogen-bond acceptors (Lipinski definition) is 3. The molecule has 0 bridgehead atoms. The molecule has 1 aliphatic heterocycles. The third-order valence-corrected chi connectivity index (χ3v) is 2.98. The molecule has 0 aliphatic carbocycles. The lowest BCUT2D eigenvalue weighted by atomic mass is 10.1. The highest BCUT2D eigenvalue weighted by Gasteiger charge is 2.13. The van der Waals surface area contributed by atoms with Crippen LogP contribution in [0.2, 0.25) is 0 Å². The van der Waals surface area contributed by atoms with Crippen molar-refractivity contribution in [2.45, 2.75) is 6.42 Å². The van der Waals surface area contributed by atoms with Crippen LogP contribution in [0.1, 0.15) is 6.42 Å². The van der Waals surface area contributed by atoms with Crippen LogP contribution < -0.4 is 5.32 Å². The summed E-state index contributed by atoms with van der Waals surface area (Å²) in [5.41, 5.74) is 0. The molecule has 1 unspecified atom stereocenters. The fraction of sp³-hybridized carbons (Fsp3) is 1.00. The number of nitrogens with one attached hydrogen (secondary N) is 1. The lowest BCUT2D eigenvalue weighted by Crippen LogP contribution is -2.25. The van der Waals surface area contributed by atoms with Crippen molar-refractivity contribution in [2.75, 3.05) is 31.2 Å². The Hall–Kier alpha value is 0.270.